The molecule has 4 aromatic carbocycles. The van der Waals surface area contributed by atoms with Crippen molar-refractivity contribution >= 4 is 51.6 Å². The van der Waals surface area contributed by atoms with Gasteiger partial charge < -0.3 is 25.0 Å². The Morgan fingerprint density at radius 1 is 0.803 bits per heavy atom. The number of nitro benzene ring substituents is 2. The minimum atomic E-state index is -4.61. The lowest BCUT2D eigenvalue weighted by atomic mass is 10.0. The number of rotatable bonds is 15. The molecule has 0 unspecified atom stereocenters. The van der Waals surface area contributed by atoms with Crippen LogP contribution in [0, 0.1) is 45.7 Å². The Morgan fingerprint density at radius 3 is 1.94 bits per heavy atom. The molecular formula is C46H44F8N8O8S. The van der Waals surface area contributed by atoms with E-state index in [-0.39, 0.29) is 63.0 Å². The number of hydrogen-bond donors (Lipinski definition) is 2. The lowest BCUT2D eigenvalue weighted by Crippen LogP contribution is -2.40. The maximum atomic E-state index is 13.0. The number of amides is 2. The van der Waals surface area contributed by atoms with Crippen LogP contribution in [0.5, 0.6) is 16.8 Å². The fraction of sp³-hybridized carbons (Fsp3) is 0.283. The van der Waals surface area contributed by atoms with E-state index in [1.165, 1.54) is 89.8 Å². The minimum Gasteiger partial charge on any atom is -0.459 e. The van der Waals surface area contributed by atoms with Crippen LogP contribution in [0.2, 0.25) is 0 Å². The SMILES string of the molecule is CC(C)N(C(=O)COc1nnc(C(F)(F)F)s1)c1ccc(F)cc1.CCC(CC)Nc1c([N+](=O)[O-])cc(C)c(C)c1[N+](=O)[O-].O=C(Nc1ccc(F)cc1)c1cccc(Oc2cccc(C(F)(F)F)c2)n1. The van der Waals surface area contributed by atoms with Crippen LogP contribution in [0.15, 0.2) is 97.1 Å². The first kappa shape index (κ1) is 55.8. The van der Waals surface area contributed by atoms with Crippen LogP contribution < -0.4 is 25.0 Å². The van der Waals surface area contributed by atoms with Crippen molar-refractivity contribution in [3.05, 3.63) is 156 Å². The first-order chi connectivity index (χ1) is 33.3. The summed E-state index contributed by atoms with van der Waals surface area (Å²) in [4.78, 5) is 51.1. The molecule has 6 rings (SSSR count). The summed E-state index contributed by atoms with van der Waals surface area (Å²) in [7, 11) is 0. The normalized spacial score (nSPS) is 11.2. The number of carbonyl (C=O) groups is 2. The van der Waals surface area contributed by atoms with E-state index < -0.39 is 62.8 Å². The van der Waals surface area contributed by atoms with E-state index in [4.69, 9.17) is 9.47 Å². The molecule has 0 bridgehead atoms. The second kappa shape index (κ2) is 24.6. The number of aromatic nitrogens is 3. The fourth-order valence-corrected chi connectivity index (χ4v) is 6.75. The average Bonchev–Trinajstić information content (AvgIpc) is 3.80. The highest BCUT2D eigenvalue weighted by Gasteiger charge is 2.36. The van der Waals surface area contributed by atoms with Crippen molar-refractivity contribution in [2.45, 2.75) is 78.8 Å². The van der Waals surface area contributed by atoms with Crippen molar-refractivity contribution in [3.63, 3.8) is 0 Å². The summed E-state index contributed by atoms with van der Waals surface area (Å²) in [5.74, 6) is -2.06. The molecule has 25 heteroatoms. The summed E-state index contributed by atoms with van der Waals surface area (Å²) in [6.07, 6.45) is -7.64. The molecule has 0 atom stereocenters. The topological polar surface area (TPSA) is 205 Å². The highest BCUT2D eigenvalue weighted by atomic mass is 32.1. The summed E-state index contributed by atoms with van der Waals surface area (Å²) in [6, 6.07) is 20.2. The van der Waals surface area contributed by atoms with Gasteiger partial charge in [0.25, 0.3) is 22.7 Å². The number of carbonyl (C=O) groups excluding carboxylic acids is 2. The van der Waals surface area contributed by atoms with Gasteiger partial charge in [-0.25, -0.2) is 13.8 Å². The smallest absolute Gasteiger partial charge is 0.445 e. The van der Waals surface area contributed by atoms with Crippen LogP contribution in [-0.2, 0) is 17.1 Å². The van der Waals surface area contributed by atoms with E-state index in [1.807, 2.05) is 13.8 Å². The molecule has 0 aliphatic rings. The van der Waals surface area contributed by atoms with E-state index in [9.17, 15) is 64.9 Å². The van der Waals surface area contributed by atoms with E-state index in [2.05, 4.69) is 25.8 Å². The predicted octanol–water partition coefficient (Wildman–Crippen LogP) is 12.5. The summed E-state index contributed by atoms with van der Waals surface area (Å²) in [5.41, 5.74) is 0.509. The molecular weight excluding hydrogens is 977 g/mol. The largest absolute Gasteiger partial charge is 0.459 e. The number of pyridine rings is 1. The third-order valence-electron chi connectivity index (χ3n) is 9.81. The Kier molecular flexibility index (Phi) is 19.4. The van der Waals surface area contributed by atoms with Crippen molar-refractivity contribution in [1.29, 1.82) is 0 Å². The van der Waals surface area contributed by atoms with Gasteiger partial charge in [0.15, 0.2) is 12.3 Å². The number of aryl methyl sites for hydroxylation is 1. The number of halogens is 8. The van der Waals surface area contributed by atoms with Gasteiger partial charge in [0.2, 0.25) is 10.9 Å². The number of benzene rings is 4. The van der Waals surface area contributed by atoms with Crippen molar-refractivity contribution in [2.24, 2.45) is 0 Å². The standard InChI is InChI=1S/C19H12F4N2O2.C14H13F4N3O2S.C13H19N3O4/c20-13-7-9-14(10-8-13)24-18(26)16-5-2-6-17(25-16)27-15-4-1-3-12(11-15)19(21,22)23;1-8(2)21(10-5-3-9(15)4-6-10)11(22)7-23-13-20-19-12(24-13)14(16,17)18;1-5-10(6-2)14-12-11(15(17)18)7-8(3)9(4)13(12)16(19)20/h1-11H,(H,24,26);3-6,8H,7H2,1-2H3;7,10,14H,5-6H2,1-4H3. The average molecular weight is 1020 g/mol. The number of nitrogens with zero attached hydrogens (tertiary/aromatic N) is 6. The van der Waals surface area contributed by atoms with Gasteiger partial charge in [-0.3, -0.25) is 29.8 Å². The highest BCUT2D eigenvalue weighted by molar-refractivity contribution is 7.13. The maximum absolute atomic E-state index is 13.0. The molecule has 0 aliphatic heterocycles. The minimum absolute atomic E-state index is 0.0104. The quantitative estimate of drug-likeness (QED) is 0.0560. The Morgan fingerprint density at radius 2 is 1.41 bits per heavy atom. The number of ether oxygens (including phenoxy) is 2. The monoisotopic (exact) mass is 1020 g/mol. The van der Waals surface area contributed by atoms with Crippen molar-refractivity contribution in [3.8, 4) is 16.8 Å². The molecule has 2 amide bonds. The van der Waals surface area contributed by atoms with Crippen LogP contribution in [0.4, 0.5) is 63.6 Å². The first-order valence-electron chi connectivity index (χ1n) is 21.0. The highest BCUT2D eigenvalue weighted by Crippen LogP contribution is 2.40. The van der Waals surface area contributed by atoms with Gasteiger partial charge in [-0.15, -0.1) is 5.10 Å². The molecule has 0 spiro atoms. The van der Waals surface area contributed by atoms with Crippen LogP contribution in [0.25, 0.3) is 0 Å². The van der Waals surface area contributed by atoms with Gasteiger partial charge in [-0.1, -0.05) is 42.4 Å². The molecule has 0 saturated heterocycles. The second-order valence-electron chi connectivity index (χ2n) is 15.2. The maximum Gasteiger partial charge on any atom is 0.445 e. The van der Waals surface area contributed by atoms with Crippen molar-refractivity contribution in [1.82, 2.24) is 15.2 Å². The molecule has 378 valence electrons. The van der Waals surface area contributed by atoms with Crippen LogP contribution >= 0.6 is 11.3 Å². The van der Waals surface area contributed by atoms with E-state index in [0.29, 0.717) is 22.5 Å². The zero-order valence-electron chi connectivity index (χ0n) is 38.4. The van der Waals surface area contributed by atoms with Crippen LogP contribution in [0.3, 0.4) is 0 Å². The second-order valence-corrected chi connectivity index (χ2v) is 16.1. The third kappa shape index (κ3) is 16.1. The summed E-state index contributed by atoms with van der Waals surface area (Å²) in [5, 5.41) is 32.6. The Labute approximate surface area is 404 Å². The fourth-order valence-electron chi connectivity index (χ4n) is 6.18. The van der Waals surface area contributed by atoms with E-state index >= 15 is 0 Å². The first-order valence-corrected chi connectivity index (χ1v) is 21.8. The molecule has 0 saturated carbocycles. The Bertz CT molecular complexity index is 2790. The molecule has 0 aliphatic carbocycles. The Balaban J connectivity index is 0.000000234. The summed E-state index contributed by atoms with van der Waals surface area (Å²) in [6.45, 7) is 10.1. The van der Waals surface area contributed by atoms with Gasteiger partial charge in [-0.05, 0) is 119 Å². The number of alkyl halides is 6. The lowest BCUT2D eigenvalue weighted by Gasteiger charge is -2.26. The van der Waals surface area contributed by atoms with E-state index in [0.717, 1.165) is 25.0 Å². The molecule has 0 radical (unpaired) electrons. The van der Waals surface area contributed by atoms with Crippen LogP contribution in [0.1, 0.15) is 72.7 Å². The van der Waals surface area contributed by atoms with Crippen molar-refractivity contribution < 1.29 is 64.0 Å². The molecule has 16 nitrogen and oxygen atoms in total. The van der Waals surface area contributed by atoms with Gasteiger partial charge in [0.05, 0.1) is 15.4 Å². The number of nitrogens with one attached hydrogen (secondary N) is 2. The van der Waals surface area contributed by atoms with E-state index in [1.54, 1.807) is 27.7 Å². The predicted molar refractivity (Wildman–Crippen MR) is 247 cm³/mol. The van der Waals surface area contributed by atoms with Gasteiger partial charge in [0.1, 0.15) is 23.1 Å². The molecule has 2 N–H and O–H groups in total. The number of anilines is 3. The molecule has 71 heavy (non-hydrogen) atoms. The van der Waals surface area contributed by atoms with Crippen LogP contribution in [-0.4, -0.2) is 55.5 Å². The lowest BCUT2D eigenvalue weighted by molar-refractivity contribution is -0.392. The molecule has 2 aromatic heterocycles. The summed E-state index contributed by atoms with van der Waals surface area (Å²) < 4.78 is 112. The number of hydrogen-bond acceptors (Lipinski definition) is 13. The number of nitro groups is 2. The zero-order valence-corrected chi connectivity index (χ0v) is 39.2. The Hall–Kier alpha value is -7.83. The van der Waals surface area contributed by atoms with Gasteiger partial charge in [-0.2, -0.15) is 26.3 Å². The van der Waals surface area contributed by atoms with Gasteiger partial charge in [0, 0.05) is 41.2 Å². The molecule has 6 aromatic rings. The zero-order chi connectivity index (χ0) is 52.8. The summed E-state index contributed by atoms with van der Waals surface area (Å²) >= 11 is 0.210. The molecule has 0 fully saturated rings. The van der Waals surface area contributed by atoms with Crippen molar-refractivity contribution in [2.75, 3.05) is 22.1 Å². The third-order valence-corrected chi connectivity index (χ3v) is 10.7. The van der Waals surface area contributed by atoms with Gasteiger partial charge >= 0.3 is 18.0 Å². The molecule has 2 heterocycles.